The van der Waals surface area contributed by atoms with E-state index in [-0.39, 0.29) is 5.82 Å². The van der Waals surface area contributed by atoms with Crippen molar-refractivity contribution in [3.63, 3.8) is 0 Å². The molecule has 0 fully saturated rings. The molecule has 0 heterocycles. The van der Waals surface area contributed by atoms with Gasteiger partial charge in [0, 0.05) is 6.54 Å². The third kappa shape index (κ3) is 6.50. The fourth-order valence-electron chi connectivity index (χ4n) is 2.60. The Balaban J connectivity index is 2.03. The third-order valence-electron chi connectivity index (χ3n) is 3.95. The van der Waals surface area contributed by atoms with E-state index in [1.165, 1.54) is 31.4 Å². The summed E-state index contributed by atoms with van der Waals surface area (Å²) in [5, 5.41) is 3.94. The summed E-state index contributed by atoms with van der Waals surface area (Å²) in [6.07, 6.45) is 3.61. The van der Waals surface area contributed by atoms with E-state index in [1.807, 2.05) is 19.1 Å². The lowest BCUT2D eigenvalue weighted by molar-refractivity contribution is 0.269. The minimum Gasteiger partial charge on any atom is -0.490 e. The van der Waals surface area contributed by atoms with Crippen molar-refractivity contribution in [3.8, 4) is 11.5 Å². The zero-order chi connectivity index (χ0) is 18.8. The molecule has 0 bridgehead atoms. The topological polar surface area (TPSA) is 30.5 Å². The fraction of sp³-hybridized carbons (Fsp3) is 0.429. The molecule has 0 radical (unpaired) electrons. The van der Waals surface area contributed by atoms with Crippen LogP contribution < -0.4 is 14.8 Å². The Hall–Kier alpha value is -1.78. The maximum atomic E-state index is 13.0. The van der Waals surface area contributed by atoms with Crippen molar-refractivity contribution in [2.75, 3.05) is 13.2 Å². The van der Waals surface area contributed by atoms with Crippen LogP contribution in [0.25, 0.3) is 0 Å². The van der Waals surface area contributed by atoms with Gasteiger partial charge in [0.1, 0.15) is 12.4 Å². The van der Waals surface area contributed by atoms with Gasteiger partial charge in [0.05, 0.1) is 11.6 Å². The average molecular weight is 380 g/mol. The normalized spacial score (nSPS) is 10.8. The molecule has 0 aromatic heterocycles. The van der Waals surface area contributed by atoms with Crippen molar-refractivity contribution >= 4 is 11.6 Å². The number of rotatable bonds is 11. The highest BCUT2D eigenvalue weighted by Gasteiger charge is 2.13. The highest BCUT2D eigenvalue weighted by Crippen LogP contribution is 2.37. The molecule has 0 spiro atoms. The Morgan fingerprint density at radius 1 is 1.00 bits per heavy atom. The van der Waals surface area contributed by atoms with Crippen LogP contribution in [-0.2, 0) is 13.2 Å². The molecule has 0 amide bonds. The zero-order valence-corrected chi connectivity index (χ0v) is 16.2. The molecule has 0 atom stereocenters. The van der Waals surface area contributed by atoms with Gasteiger partial charge in [-0.3, -0.25) is 0 Å². The summed E-state index contributed by atoms with van der Waals surface area (Å²) in [5.74, 6) is 0.887. The van der Waals surface area contributed by atoms with Crippen LogP contribution >= 0.6 is 11.6 Å². The van der Waals surface area contributed by atoms with Crippen LogP contribution in [0.15, 0.2) is 36.4 Å². The minimum absolute atomic E-state index is 0.266. The van der Waals surface area contributed by atoms with Gasteiger partial charge < -0.3 is 14.8 Å². The molecule has 0 aliphatic rings. The second kappa shape index (κ2) is 11.0. The number of ether oxygens (including phenoxy) is 2. The maximum absolute atomic E-state index is 13.0. The van der Waals surface area contributed by atoms with Gasteiger partial charge >= 0.3 is 0 Å². The summed E-state index contributed by atoms with van der Waals surface area (Å²) in [4.78, 5) is 0. The van der Waals surface area contributed by atoms with E-state index in [1.54, 1.807) is 12.1 Å². The van der Waals surface area contributed by atoms with Crippen LogP contribution in [0, 0.1) is 5.82 Å². The molecular weight excluding hydrogens is 353 g/mol. The lowest BCUT2D eigenvalue weighted by Gasteiger charge is -2.16. The average Bonchev–Trinajstić information content (AvgIpc) is 2.62. The SMILES string of the molecule is CCCCCNCc1cc(Cl)c(OCc2ccc(F)cc2)c(OCC)c1. The Labute approximate surface area is 160 Å². The molecule has 2 aromatic carbocycles. The molecule has 0 saturated heterocycles. The molecule has 5 heteroatoms. The van der Waals surface area contributed by atoms with Crippen LogP contribution in [-0.4, -0.2) is 13.2 Å². The number of halogens is 2. The van der Waals surface area contributed by atoms with Crippen molar-refractivity contribution in [3.05, 3.63) is 58.4 Å². The van der Waals surface area contributed by atoms with E-state index in [2.05, 4.69) is 12.2 Å². The predicted octanol–water partition coefficient (Wildman–Crippen LogP) is 5.74. The van der Waals surface area contributed by atoms with Crippen molar-refractivity contribution in [2.45, 2.75) is 46.3 Å². The fourth-order valence-corrected chi connectivity index (χ4v) is 2.88. The lowest BCUT2D eigenvalue weighted by atomic mass is 10.2. The van der Waals surface area contributed by atoms with Crippen LogP contribution in [0.5, 0.6) is 11.5 Å². The summed E-state index contributed by atoms with van der Waals surface area (Å²) < 4.78 is 24.6. The van der Waals surface area contributed by atoms with E-state index in [0.717, 1.165) is 24.2 Å². The van der Waals surface area contributed by atoms with E-state index in [0.29, 0.717) is 29.7 Å². The van der Waals surface area contributed by atoms with Gasteiger partial charge in [0.25, 0.3) is 0 Å². The molecule has 0 aliphatic heterocycles. The van der Waals surface area contributed by atoms with Crippen LogP contribution in [0.2, 0.25) is 5.02 Å². The number of nitrogens with one attached hydrogen (secondary N) is 1. The Kier molecular flexibility index (Phi) is 8.72. The van der Waals surface area contributed by atoms with Crippen LogP contribution in [0.1, 0.15) is 44.2 Å². The number of hydrogen-bond donors (Lipinski definition) is 1. The first kappa shape index (κ1) is 20.5. The summed E-state index contributed by atoms with van der Waals surface area (Å²) in [6.45, 7) is 6.66. The largest absolute Gasteiger partial charge is 0.490 e. The van der Waals surface area contributed by atoms with Gasteiger partial charge in [0.15, 0.2) is 11.5 Å². The Morgan fingerprint density at radius 2 is 1.77 bits per heavy atom. The van der Waals surface area contributed by atoms with Gasteiger partial charge in [-0.25, -0.2) is 4.39 Å². The molecule has 142 valence electrons. The standard InChI is InChI=1S/C21H27ClFNO2/c1-3-5-6-11-24-14-17-12-19(22)21(20(13-17)25-4-2)26-15-16-7-9-18(23)10-8-16/h7-10,12-13,24H,3-6,11,14-15H2,1-2H3. The monoisotopic (exact) mass is 379 g/mol. The van der Waals surface area contributed by atoms with Gasteiger partial charge in [0.2, 0.25) is 0 Å². The molecule has 2 aromatic rings. The predicted molar refractivity (Wildman–Crippen MR) is 105 cm³/mol. The molecular formula is C21H27ClFNO2. The summed E-state index contributed by atoms with van der Waals surface area (Å²) >= 11 is 6.43. The van der Waals surface area contributed by atoms with Crippen molar-refractivity contribution in [2.24, 2.45) is 0 Å². The second-order valence-corrected chi connectivity index (χ2v) is 6.54. The Bertz CT molecular complexity index is 676. The first-order valence-electron chi connectivity index (χ1n) is 9.17. The van der Waals surface area contributed by atoms with Gasteiger partial charge in [-0.05, 0) is 55.3 Å². The highest BCUT2D eigenvalue weighted by molar-refractivity contribution is 6.32. The number of unbranched alkanes of at least 4 members (excludes halogenated alkanes) is 2. The van der Waals surface area contributed by atoms with Gasteiger partial charge in [-0.1, -0.05) is 43.5 Å². The smallest absolute Gasteiger partial charge is 0.180 e. The molecule has 2 rings (SSSR count). The third-order valence-corrected chi connectivity index (χ3v) is 4.23. The molecule has 0 aliphatic carbocycles. The first-order valence-corrected chi connectivity index (χ1v) is 9.55. The molecule has 26 heavy (non-hydrogen) atoms. The molecule has 0 saturated carbocycles. The van der Waals surface area contributed by atoms with Crippen molar-refractivity contribution in [1.82, 2.24) is 5.32 Å². The van der Waals surface area contributed by atoms with Gasteiger partial charge in [-0.2, -0.15) is 0 Å². The summed E-state index contributed by atoms with van der Waals surface area (Å²) in [6, 6.07) is 10.1. The van der Waals surface area contributed by atoms with Crippen molar-refractivity contribution < 1.29 is 13.9 Å². The maximum Gasteiger partial charge on any atom is 0.180 e. The van der Waals surface area contributed by atoms with Crippen LogP contribution in [0.3, 0.4) is 0 Å². The molecule has 0 unspecified atom stereocenters. The molecule has 1 N–H and O–H groups in total. The second-order valence-electron chi connectivity index (χ2n) is 6.14. The van der Waals surface area contributed by atoms with E-state index in [4.69, 9.17) is 21.1 Å². The highest BCUT2D eigenvalue weighted by atomic mass is 35.5. The minimum atomic E-state index is -0.266. The first-order chi connectivity index (χ1) is 12.6. The van der Waals surface area contributed by atoms with Crippen molar-refractivity contribution in [1.29, 1.82) is 0 Å². The van der Waals surface area contributed by atoms with E-state index < -0.39 is 0 Å². The lowest BCUT2D eigenvalue weighted by Crippen LogP contribution is -2.14. The van der Waals surface area contributed by atoms with Crippen LogP contribution in [0.4, 0.5) is 4.39 Å². The number of hydrogen-bond acceptors (Lipinski definition) is 3. The number of benzene rings is 2. The molecule has 3 nitrogen and oxygen atoms in total. The quantitative estimate of drug-likeness (QED) is 0.505. The zero-order valence-electron chi connectivity index (χ0n) is 15.5. The van der Waals surface area contributed by atoms with E-state index >= 15 is 0 Å². The summed E-state index contributed by atoms with van der Waals surface area (Å²) in [5.41, 5.74) is 1.93. The summed E-state index contributed by atoms with van der Waals surface area (Å²) in [7, 11) is 0. The Morgan fingerprint density at radius 3 is 2.46 bits per heavy atom. The van der Waals surface area contributed by atoms with Gasteiger partial charge in [-0.15, -0.1) is 0 Å². The van der Waals surface area contributed by atoms with E-state index in [9.17, 15) is 4.39 Å².